The first-order valence-corrected chi connectivity index (χ1v) is 3.53. The van der Waals surface area contributed by atoms with Crippen LogP contribution < -0.4 is 5.32 Å². The quantitative estimate of drug-likeness (QED) is 0.559. The van der Waals surface area contributed by atoms with Gasteiger partial charge in [-0.3, -0.25) is 5.32 Å². The van der Waals surface area contributed by atoms with Crippen molar-refractivity contribution in [2.75, 3.05) is 0 Å². The molecule has 1 saturated heterocycles. The Hall–Kier alpha value is -1.70. The van der Waals surface area contributed by atoms with Gasteiger partial charge in [-0.2, -0.15) is 5.26 Å². The second-order valence-corrected chi connectivity index (χ2v) is 2.54. The molecule has 0 aliphatic carbocycles. The van der Waals surface area contributed by atoms with Crippen molar-refractivity contribution in [3.63, 3.8) is 0 Å². The molecule has 0 saturated carbocycles. The topological polar surface area (TPSA) is 71.3 Å². The lowest BCUT2D eigenvalue weighted by Gasteiger charge is -2.20. The van der Waals surface area contributed by atoms with Crippen molar-refractivity contribution in [3.8, 4) is 6.07 Å². The molecule has 5 nitrogen and oxygen atoms in total. The number of nitrogens with one attached hydrogen (secondary N) is 1. The van der Waals surface area contributed by atoms with Crippen LogP contribution in [0.5, 0.6) is 0 Å². The average molecular weight is 166 g/mol. The first kappa shape index (κ1) is 6.98. The number of fused-ring (bicyclic) bond motifs is 1. The van der Waals surface area contributed by atoms with E-state index in [1.165, 1.54) is 0 Å². The van der Waals surface area contributed by atoms with E-state index < -0.39 is 12.3 Å². The predicted molar refractivity (Wildman–Crippen MR) is 36.6 cm³/mol. The van der Waals surface area contributed by atoms with Crippen molar-refractivity contribution < 1.29 is 14.3 Å². The number of nitriles is 1. The Morgan fingerprint density at radius 2 is 2.50 bits per heavy atom. The van der Waals surface area contributed by atoms with Gasteiger partial charge >= 0.3 is 6.09 Å². The van der Waals surface area contributed by atoms with Crippen LogP contribution in [0.4, 0.5) is 4.79 Å². The molecule has 1 N–H and O–H groups in total. The van der Waals surface area contributed by atoms with Crippen molar-refractivity contribution in [3.05, 3.63) is 11.8 Å². The van der Waals surface area contributed by atoms with Gasteiger partial charge in [0.2, 0.25) is 6.23 Å². The zero-order valence-corrected chi connectivity index (χ0v) is 6.11. The van der Waals surface area contributed by atoms with Crippen molar-refractivity contribution in [2.24, 2.45) is 0 Å². The third kappa shape index (κ3) is 0.975. The summed E-state index contributed by atoms with van der Waals surface area (Å²) in [5, 5.41) is 10.9. The van der Waals surface area contributed by atoms with E-state index in [0.29, 0.717) is 6.42 Å². The highest BCUT2D eigenvalue weighted by Crippen LogP contribution is 2.22. The molecule has 0 bridgehead atoms. The second-order valence-electron chi connectivity index (χ2n) is 2.54. The van der Waals surface area contributed by atoms with Gasteiger partial charge < -0.3 is 9.47 Å². The van der Waals surface area contributed by atoms with E-state index in [-0.39, 0.29) is 11.9 Å². The SMILES string of the molecule is N#CC1=CC[C@@H]2OC(=O)N[C@H]2O1. The number of hydrogen-bond donors (Lipinski definition) is 1. The molecular weight excluding hydrogens is 160 g/mol. The first-order valence-electron chi connectivity index (χ1n) is 3.53. The Kier molecular flexibility index (Phi) is 1.40. The number of allylic oxidation sites excluding steroid dienone is 1. The Labute approximate surface area is 68.6 Å². The highest BCUT2D eigenvalue weighted by atomic mass is 16.6. The molecule has 0 unspecified atom stereocenters. The van der Waals surface area contributed by atoms with Crippen LogP contribution >= 0.6 is 0 Å². The molecule has 1 fully saturated rings. The van der Waals surface area contributed by atoms with Crippen LogP contribution in [0.1, 0.15) is 6.42 Å². The molecule has 0 aromatic carbocycles. The van der Waals surface area contributed by atoms with E-state index in [4.69, 9.17) is 14.7 Å². The maximum atomic E-state index is 10.7. The van der Waals surface area contributed by atoms with Crippen LogP contribution in [0, 0.1) is 11.3 Å². The lowest BCUT2D eigenvalue weighted by atomic mass is 10.2. The third-order valence-corrected chi connectivity index (χ3v) is 1.76. The van der Waals surface area contributed by atoms with Crippen molar-refractivity contribution in [2.45, 2.75) is 18.8 Å². The summed E-state index contributed by atoms with van der Waals surface area (Å²) in [7, 11) is 0. The minimum absolute atomic E-state index is 0.238. The van der Waals surface area contributed by atoms with Gasteiger partial charge in [-0.15, -0.1) is 0 Å². The summed E-state index contributed by atoms with van der Waals surface area (Å²) in [6.45, 7) is 0. The fraction of sp³-hybridized carbons (Fsp3) is 0.429. The summed E-state index contributed by atoms with van der Waals surface area (Å²) in [5.74, 6) is 0.238. The Balaban J connectivity index is 2.13. The number of carbonyl (C=O) groups excluding carboxylic acids is 1. The van der Waals surface area contributed by atoms with Gasteiger partial charge in [0.05, 0.1) is 0 Å². The zero-order chi connectivity index (χ0) is 8.55. The van der Waals surface area contributed by atoms with Gasteiger partial charge in [-0.25, -0.2) is 4.79 Å². The largest absolute Gasteiger partial charge is 0.457 e. The van der Waals surface area contributed by atoms with Gasteiger partial charge in [-0.1, -0.05) is 0 Å². The molecule has 2 heterocycles. The van der Waals surface area contributed by atoms with Crippen LogP contribution in [0.2, 0.25) is 0 Å². The summed E-state index contributed by atoms with van der Waals surface area (Å²) in [4.78, 5) is 10.7. The molecule has 2 aliphatic heterocycles. The number of alkyl carbamates (subject to hydrolysis) is 1. The van der Waals surface area contributed by atoms with Crippen molar-refractivity contribution in [1.29, 1.82) is 5.26 Å². The fourth-order valence-corrected chi connectivity index (χ4v) is 1.20. The minimum atomic E-state index is -0.489. The molecule has 2 atom stereocenters. The normalized spacial score (nSPS) is 31.9. The monoisotopic (exact) mass is 166 g/mol. The van der Waals surface area contributed by atoms with E-state index in [9.17, 15) is 4.79 Å². The number of hydrogen-bond acceptors (Lipinski definition) is 4. The smallest absolute Gasteiger partial charge is 0.410 e. The van der Waals surface area contributed by atoms with Gasteiger partial charge in [0.1, 0.15) is 6.07 Å². The van der Waals surface area contributed by atoms with E-state index in [1.54, 1.807) is 6.08 Å². The standard InChI is InChI=1S/C7H6N2O3/c8-3-4-1-2-5-6(11-4)9-7(10)12-5/h1,5-6H,2H2,(H,9,10)/t5-,6-/m0/s1. The van der Waals surface area contributed by atoms with Gasteiger partial charge in [0.15, 0.2) is 11.9 Å². The Bertz CT molecular complexity index is 292. The maximum Gasteiger partial charge on any atom is 0.410 e. The van der Waals surface area contributed by atoms with Gasteiger partial charge in [0, 0.05) is 6.42 Å². The molecule has 0 aromatic rings. The number of rotatable bonds is 0. The van der Waals surface area contributed by atoms with Crippen LogP contribution in [-0.4, -0.2) is 18.4 Å². The highest BCUT2D eigenvalue weighted by molar-refractivity contribution is 5.70. The lowest BCUT2D eigenvalue weighted by molar-refractivity contribution is 0.0237. The molecular formula is C7H6N2O3. The number of nitrogens with zero attached hydrogens (tertiary/aromatic N) is 1. The van der Waals surface area contributed by atoms with E-state index in [1.807, 2.05) is 6.07 Å². The van der Waals surface area contributed by atoms with E-state index >= 15 is 0 Å². The summed E-state index contributed by atoms with van der Waals surface area (Å²) in [6.07, 6.45) is 0.887. The summed E-state index contributed by atoms with van der Waals surface area (Å²) in [5.41, 5.74) is 0. The molecule has 2 aliphatic rings. The number of ether oxygens (including phenoxy) is 2. The van der Waals surface area contributed by atoms with Gasteiger partial charge in [-0.05, 0) is 6.08 Å². The summed E-state index contributed by atoms with van der Waals surface area (Å²) in [6, 6.07) is 1.86. The van der Waals surface area contributed by atoms with Crippen LogP contribution in [0.3, 0.4) is 0 Å². The molecule has 0 radical (unpaired) electrons. The second kappa shape index (κ2) is 2.41. The van der Waals surface area contributed by atoms with Crippen LogP contribution in [0.15, 0.2) is 11.8 Å². The molecule has 0 spiro atoms. The minimum Gasteiger partial charge on any atom is -0.457 e. The maximum absolute atomic E-state index is 10.7. The van der Waals surface area contributed by atoms with Gasteiger partial charge in [0.25, 0.3) is 0 Å². The summed E-state index contributed by atoms with van der Waals surface area (Å²) < 4.78 is 9.90. The van der Waals surface area contributed by atoms with E-state index in [0.717, 1.165) is 0 Å². The molecule has 0 aromatic heterocycles. The summed E-state index contributed by atoms with van der Waals surface area (Å²) >= 11 is 0. The molecule has 2 rings (SSSR count). The molecule has 12 heavy (non-hydrogen) atoms. The van der Waals surface area contributed by atoms with Crippen molar-refractivity contribution in [1.82, 2.24) is 5.32 Å². The predicted octanol–water partition coefficient (Wildman–Crippen LogP) is 0.249. The molecule has 62 valence electrons. The van der Waals surface area contributed by atoms with E-state index in [2.05, 4.69) is 5.32 Å². The van der Waals surface area contributed by atoms with Crippen LogP contribution in [-0.2, 0) is 9.47 Å². The first-order chi connectivity index (χ1) is 5.79. The van der Waals surface area contributed by atoms with Crippen molar-refractivity contribution >= 4 is 6.09 Å². The Morgan fingerprint density at radius 1 is 1.67 bits per heavy atom. The highest BCUT2D eigenvalue weighted by Gasteiger charge is 2.37. The molecule has 5 heteroatoms. The average Bonchev–Trinajstić information content (AvgIpc) is 2.43. The number of amides is 1. The number of carbonyl (C=O) groups is 1. The third-order valence-electron chi connectivity index (χ3n) is 1.76. The fourth-order valence-electron chi connectivity index (χ4n) is 1.20. The zero-order valence-electron chi connectivity index (χ0n) is 6.11. The van der Waals surface area contributed by atoms with Crippen LogP contribution in [0.25, 0.3) is 0 Å². The lowest BCUT2D eigenvalue weighted by Crippen LogP contribution is -2.35. The molecule has 1 amide bonds. The Morgan fingerprint density at radius 3 is 3.25 bits per heavy atom.